The number of carbonyl (C=O) groups is 2. The van der Waals surface area contributed by atoms with Gasteiger partial charge in [-0.1, -0.05) is 12.1 Å². The van der Waals surface area contributed by atoms with E-state index in [1.165, 1.54) is 12.8 Å². The highest BCUT2D eigenvalue weighted by molar-refractivity contribution is 5.86. The summed E-state index contributed by atoms with van der Waals surface area (Å²) in [7, 11) is 1.36. The van der Waals surface area contributed by atoms with Crippen LogP contribution in [0, 0.1) is 5.92 Å². The van der Waals surface area contributed by atoms with Crippen LogP contribution in [0.3, 0.4) is 0 Å². The molecule has 0 N–H and O–H groups in total. The molecule has 0 bridgehead atoms. The molecule has 0 spiro atoms. The van der Waals surface area contributed by atoms with Gasteiger partial charge in [0.15, 0.2) is 0 Å². The van der Waals surface area contributed by atoms with Gasteiger partial charge in [0.05, 0.1) is 26.2 Å². The van der Waals surface area contributed by atoms with Gasteiger partial charge in [-0.2, -0.15) is 0 Å². The summed E-state index contributed by atoms with van der Waals surface area (Å²) in [6, 6.07) is 8.26. The van der Waals surface area contributed by atoms with E-state index >= 15 is 0 Å². The molecule has 1 unspecified atom stereocenters. The Morgan fingerprint density at radius 3 is 2.61 bits per heavy atom. The van der Waals surface area contributed by atoms with E-state index in [9.17, 15) is 9.59 Å². The molecule has 1 amide bonds. The molecule has 2 saturated heterocycles. The molecule has 124 valence electrons. The van der Waals surface area contributed by atoms with E-state index in [0.717, 1.165) is 31.9 Å². The van der Waals surface area contributed by atoms with Gasteiger partial charge in [-0.25, -0.2) is 0 Å². The van der Waals surface area contributed by atoms with Crippen molar-refractivity contribution in [1.82, 2.24) is 4.90 Å². The molecule has 2 aliphatic rings. The molecule has 0 saturated carbocycles. The first-order valence-electron chi connectivity index (χ1n) is 7.94. The minimum Gasteiger partial charge on any atom is -0.469 e. The molecule has 2 aliphatic heterocycles. The maximum atomic E-state index is 12.0. The van der Waals surface area contributed by atoms with Crippen molar-refractivity contribution in [3.8, 4) is 0 Å². The normalized spacial score (nSPS) is 21.6. The van der Waals surface area contributed by atoms with Crippen LogP contribution >= 0.6 is 0 Å². The third-order valence-corrected chi connectivity index (χ3v) is 4.44. The zero-order valence-electron chi connectivity index (χ0n) is 13.4. The van der Waals surface area contributed by atoms with Crippen LogP contribution in [0.15, 0.2) is 24.3 Å². The summed E-state index contributed by atoms with van der Waals surface area (Å²) in [5.41, 5.74) is 2.25. The van der Waals surface area contributed by atoms with Crippen LogP contribution in [0.4, 0.5) is 5.69 Å². The number of amides is 1. The van der Waals surface area contributed by atoms with Gasteiger partial charge in [0.25, 0.3) is 0 Å². The third-order valence-electron chi connectivity index (χ3n) is 4.44. The van der Waals surface area contributed by atoms with Crippen LogP contribution in [0.1, 0.15) is 12.0 Å². The third kappa shape index (κ3) is 3.64. The largest absolute Gasteiger partial charge is 0.469 e. The highest BCUT2D eigenvalue weighted by atomic mass is 16.5. The number of esters is 1. The molecule has 6 nitrogen and oxygen atoms in total. The first-order chi connectivity index (χ1) is 11.2. The summed E-state index contributed by atoms with van der Waals surface area (Å²) in [6.07, 6.45) is 0.249. The topological polar surface area (TPSA) is 59.1 Å². The summed E-state index contributed by atoms with van der Waals surface area (Å²) in [5, 5.41) is 0. The number of benzene rings is 1. The lowest BCUT2D eigenvalue weighted by Gasteiger charge is -2.29. The lowest BCUT2D eigenvalue weighted by Crippen LogP contribution is -2.36. The van der Waals surface area contributed by atoms with E-state index in [0.29, 0.717) is 13.1 Å². The van der Waals surface area contributed by atoms with E-state index in [-0.39, 0.29) is 24.2 Å². The molecule has 1 aromatic carbocycles. The molecule has 23 heavy (non-hydrogen) atoms. The number of ether oxygens (including phenoxy) is 2. The van der Waals surface area contributed by atoms with Crippen molar-refractivity contribution in [2.24, 2.45) is 5.92 Å². The fraction of sp³-hybridized carbons (Fsp3) is 0.529. The second kappa shape index (κ2) is 7.00. The van der Waals surface area contributed by atoms with Crippen molar-refractivity contribution in [3.63, 3.8) is 0 Å². The summed E-state index contributed by atoms with van der Waals surface area (Å²) in [5.74, 6) is -0.624. The lowest BCUT2D eigenvalue weighted by molar-refractivity contribution is -0.145. The number of hydrogen-bond acceptors (Lipinski definition) is 5. The fourth-order valence-electron chi connectivity index (χ4n) is 3.10. The number of likely N-dealkylation sites (tertiary alicyclic amines) is 1. The summed E-state index contributed by atoms with van der Waals surface area (Å²) in [4.78, 5) is 27.6. The van der Waals surface area contributed by atoms with E-state index < -0.39 is 0 Å². The molecule has 0 aliphatic carbocycles. The minimum atomic E-state index is -0.333. The van der Waals surface area contributed by atoms with Gasteiger partial charge in [0.1, 0.15) is 0 Å². The van der Waals surface area contributed by atoms with Gasteiger partial charge in [0, 0.05) is 38.3 Å². The molecule has 2 heterocycles. The molecular weight excluding hydrogens is 296 g/mol. The van der Waals surface area contributed by atoms with Crippen molar-refractivity contribution in [2.75, 3.05) is 44.9 Å². The zero-order valence-corrected chi connectivity index (χ0v) is 13.4. The van der Waals surface area contributed by atoms with Crippen molar-refractivity contribution < 1.29 is 19.1 Å². The maximum absolute atomic E-state index is 12.0. The van der Waals surface area contributed by atoms with Gasteiger partial charge >= 0.3 is 5.97 Å². The first-order valence-corrected chi connectivity index (χ1v) is 7.94. The van der Waals surface area contributed by atoms with Crippen LogP contribution in [-0.4, -0.2) is 56.7 Å². The molecule has 3 rings (SSSR count). The highest BCUT2D eigenvalue weighted by Crippen LogP contribution is 2.23. The predicted octanol–water partition coefficient (Wildman–Crippen LogP) is 1.04. The molecular formula is C17H22N2O4. The SMILES string of the molecule is COC(=O)C1CC(=O)N(Cc2ccc(N3CCOCC3)cc2)C1. The van der Waals surface area contributed by atoms with Gasteiger partial charge in [-0.05, 0) is 17.7 Å². The number of rotatable bonds is 4. The lowest BCUT2D eigenvalue weighted by atomic mass is 10.1. The molecule has 0 radical (unpaired) electrons. The average molecular weight is 318 g/mol. The fourth-order valence-corrected chi connectivity index (χ4v) is 3.10. The summed E-state index contributed by atoms with van der Waals surface area (Å²) in [6.45, 7) is 4.32. The Bertz CT molecular complexity index is 566. The second-order valence-electron chi connectivity index (χ2n) is 5.96. The molecule has 1 atom stereocenters. The quantitative estimate of drug-likeness (QED) is 0.777. The Balaban J connectivity index is 1.60. The number of anilines is 1. The monoisotopic (exact) mass is 318 g/mol. The van der Waals surface area contributed by atoms with E-state index in [2.05, 4.69) is 17.0 Å². The smallest absolute Gasteiger partial charge is 0.310 e. The Kier molecular flexibility index (Phi) is 4.81. The maximum Gasteiger partial charge on any atom is 0.310 e. The average Bonchev–Trinajstić information content (AvgIpc) is 2.96. The van der Waals surface area contributed by atoms with E-state index in [1.54, 1.807) is 4.90 Å². The summed E-state index contributed by atoms with van der Waals surface area (Å²) >= 11 is 0. The Labute approximate surface area is 136 Å². The standard InChI is InChI=1S/C17H22N2O4/c1-22-17(21)14-10-16(20)19(12-14)11-13-2-4-15(5-3-13)18-6-8-23-9-7-18/h2-5,14H,6-12H2,1H3. The zero-order chi connectivity index (χ0) is 16.2. The second-order valence-corrected chi connectivity index (χ2v) is 5.96. The number of morpholine rings is 1. The van der Waals surface area contributed by atoms with Gasteiger partial charge in [-0.3, -0.25) is 9.59 Å². The van der Waals surface area contributed by atoms with E-state index in [4.69, 9.17) is 9.47 Å². The Hall–Kier alpha value is -2.08. The molecule has 0 aromatic heterocycles. The van der Waals surface area contributed by atoms with Crippen molar-refractivity contribution in [1.29, 1.82) is 0 Å². The van der Waals surface area contributed by atoms with Crippen molar-refractivity contribution >= 4 is 17.6 Å². The minimum absolute atomic E-state index is 0.0117. The Morgan fingerprint density at radius 2 is 1.96 bits per heavy atom. The highest BCUT2D eigenvalue weighted by Gasteiger charge is 2.34. The van der Waals surface area contributed by atoms with Crippen LogP contribution in [0.25, 0.3) is 0 Å². The van der Waals surface area contributed by atoms with Crippen LogP contribution in [-0.2, 0) is 25.6 Å². The Morgan fingerprint density at radius 1 is 1.26 bits per heavy atom. The van der Waals surface area contributed by atoms with Crippen LogP contribution in [0.2, 0.25) is 0 Å². The molecule has 1 aromatic rings. The van der Waals surface area contributed by atoms with Gasteiger partial charge < -0.3 is 19.3 Å². The number of methoxy groups -OCH3 is 1. The van der Waals surface area contributed by atoms with Crippen LogP contribution in [0.5, 0.6) is 0 Å². The first kappa shape index (κ1) is 15.8. The van der Waals surface area contributed by atoms with Gasteiger partial charge in [0.2, 0.25) is 5.91 Å². The van der Waals surface area contributed by atoms with Gasteiger partial charge in [-0.15, -0.1) is 0 Å². The number of nitrogens with zero attached hydrogens (tertiary/aromatic N) is 2. The van der Waals surface area contributed by atoms with Crippen molar-refractivity contribution in [3.05, 3.63) is 29.8 Å². The number of hydrogen-bond donors (Lipinski definition) is 0. The number of carbonyl (C=O) groups excluding carboxylic acids is 2. The van der Waals surface area contributed by atoms with Crippen molar-refractivity contribution in [2.45, 2.75) is 13.0 Å². The van der Waals surface area contributed by atoms with Crippen LogP contribution < -0.4 is 4.90 Å². The van der Waals surface area contributed by atoms with E-state index in [1.807, 2.05) is 12.1 Å². The molecule has 6 heteroatoms. The molecule has 2 fully saturated rings. The summed E-state index contributed by atoms with van der Waals surface area (Å²) < 4.78 is 10.1. The predicted molar refractivity (Wildman–Crippen MR) is 85.0 cm³/mol.